The van der Waals surface area contributed by atoms with Crippen molar-refractivity contribution >= 4 is 21.6 Å². The maximum absolute atomic E-state index is 12.3. The summed E-state index contributed by atoms with van der Waals surface area (Å²) >= 11 is 0. The molecule has 0 aliphatic heterocycles. The molecule has 0 saturated heterocycles. The Morgan fingerprint density at radius 2 is 2.09 bits per heavy atom. The van der Waals surface area contributed by atoms with Crippen LogP contribution in [0.2, 0.25) is 0 Å². The third-order valence-corrected chi connectivity index (χ3v) is 5.02. The smallest absolute Gasteiger partial charge is 0.244 e. The van der Waals surface area contributed by atoms with E-state index < -0.39 is 26.7 Å². The fourth-order valence-electron chi connectivity index (χ4n) is 1.82. The highest BCUT2D eigenvalue weighted by atomic mass is 32.2. The largest absolute Gasteiger partial charge is 0.360 e. The van der Waals surface area contributed by atoms with Crippen LogP contribution in [-0.2, 0) is 21.1 Å². The predicted octanol–water partition coefficient (Wildman–Crippen LogP) is 1.43. The van der Waals surface area contributed by atoms with Crippen LogP contribution in [0.4, 0.5) is 5.82 Å². The lowest BCUT2D eigenvalue weighted by molar-refractivity contribution is -0.113. The van der Waals surface area contributed by atoms with Crippen molar-refractivity contribution in [3.63, 3.8) is 0 Å². The number of anilines is 1. The number of nitrogens with zero attached hydrogens (tertiary/aromatic N) is 3. The molecule has 0 aromatic carbocycles. The first-order chi connectivity index (χ1) is 10.8. The monoisotopic (exact) mass is 342 g/mol. The summed E-state index contributed by atoms with van der Waals surface area (Å²) in [7, 11) is -3.79. The second-order valence-corrected chi connectivity index (χ2v) is 7.44. The summed E-state index contributed by atoms with van der Waals surface area (Å²) in [5, 5.41) is 8.58. The molecule has 1 unspecified atom stereocenters. The maximum atomic E-state index is 12.3. The minimum atomic E-state index is -3.79. The topological polar surface area (TPSA) is 128 Å². The number of hydrogen-bond donors (Lipinski definition) is 1. The first-order valence-electron chi connectivity index (χ1n) is 7.09. The maximum Gasteiger partial charge on any atom is 0.244 e. The molecule has 2 aromatic heterocycles. The zero-order valence-corrected chi connectivity index (χ0v) is 13.9. The van der Waals surface area contributed by atoms with Crippen LogP contribution >= 0.6 is 0 Å². The molecule has 0 bridgehead atoms. The van der Waals surface area contributed by atoms with E-state index in [0.29, 0.717) is 18.0 Å². The van der Waals surface area contributed by atoms with Crippen LogP contribution in [0.3, 0.4) is 0 Å². The summed E-state index contributed by atoms with van der Waals surface area (Å²) in [4.78, 5) is 15.9. The Balaban J connectivity index is 2.03. The van der Waals surface area contributed by atoms with Gasteiger partial charge in [0.1, 0.15) is 16.8 Å². The molecule has 126 valence electrons. The number of amides is 1. The molecule has 2 aromatic rings. The predicted molar refractivity (Wildman–Crippen MR) is 80.4 cm³/mol. The summed E-state index contributed by atoms with van der Waals surface area (Å²) in [6.07, 6.45) is 1.42. The fraction of sp³-hybridized carbons (Fsp3) is 0.538. The highest BCUT2D eigenvalue weighted by molar-refractivity contribution is 7.92. The average Bonchev–Trinajstić information content (AvgIpc) is 3.07. The summed E-state index contributed by atoms with van der Waals surface area (Å²) in [5.41, 5.74) is 0. The van der Waals surface area contributed by atoms with Crippen molar-refractivity contribution in [3.05, 3.63) is 23.5 Å². The molecule has 0 saturated carbocycles. The second kappa shape index (κ2) is 6.90. The molecular formula is C13H18N4O5S. The molecule has 23 heavy (non-hydrogen) atoms. The minimum absolute atomic E-state index is 0.0152. The number of aromatic nitrogens is 3. The second-order valence-electron chi connectivity index (χ2n) is 5.12. The first-order valence-corrected chi connectivity index (χ1v) is 8.80. The third-order valence-electron chi connectivity index (χ3n) is 3.07. The molecule has 1 atom stereocenters. The Hall–Kier alpha value is -2.23. The van der Waals surface area contributed by atoms with E-state index in [2.05, 4.69) is 20.6 Å². The lowest BCUT2D eigenvalue weighted by Crippen LogP contribution is -2.26. The zero-order valence-electron chi connectivity index (χ0n) is 13.1. The van der Waals surface area contributed by atoms with Gasteiger partial charge in [-0.05, 0) is 20.3 Å². The number of nitrogens with one attached hydrogen (secondary N) is 1. The molecule has 0 aliphatic rings. The third kappa shape index (κ3) is 4.38. The van der Waals surface area contributed by atoms with Crippen LogP contribution in [0.25, 0.3) is 0 Å². The Bertz CT molecular complexity index is 780. The summed E-state index contributed by atoms with van der Waals surface area (Å²) in [5.74, 6) is -0.320. The standard InChI is InChI=1S/C13H18N4O5S/c1-4-5-10-15-13(22-16-10)9(3)23(19,20)7-12(18)14-11-6-8(2)21-17-11/h6,9H,4-5,7H2,1-3H3,(H,14,17,18). The van der Waals surface area contributed by atoms with Gasteiger partial charge in [-0.15, -0.1) is 0 Å². The molecule has 0 aliphatic carbocycles. The molecule has 0 spiro atoms. The van der Waals surface area contributed by atoms with Gasteiger partial charge in [0, 0.05) is 12.5 Å². The van der Waals surface area contributed by atoms with Gasteiger partial charge in [-0.25, -0.2) is 8.42 Å². The lowest BCUT2D eigenvalue weighted by atomic mass is 10.3. The Morgan fingerprint density at radius 3 is 2.70 bits per heavy atom. The average molecular weight is 342 g/mol. The van der Waals surface area contributed by atoms with Crippen molar-refractivity contribution < 1.29 is 22.3 Å². The van der Waals surface area contributed by atoms with Crippen LogP contribution in [0.15, 0.2) is 15.1 Å². The van der Waals surface area contributed by atoms with Crippen LogP contribution in [0, 0.1) is 6.92 Å². The van der Waals surface area contributed by atoms with Crippen molar-refractivity contribution in [2.75, 3.05) is 11.1 Å². The van der Waals surface area contributed by atoms with E-state index >= 15 is 0 Å². The van der Waals surface area contributed by atoms with Gasteiger partial charge >= 0.3 is 0 Å². The Labute approximate surface area is 133 Å². The van der Waals surface area contributed by atoms with Crippen molar-refractivity contribution in [2.45, 2.75) is 38.9 Å². The van der Waals surface area contributed by atoms with E-state index in [1.807, 2.05) is 6.92 Å². The summed E-state index contributed by atoms with van der Waals surface area (Å²) < 4.78 is 34.3. The number of hydrogen-bond acceptors (Lipinski definition) is 8. The van der Waals surface area contributed by atoms with Gasteiger partial charge in [-0.2, -0.15) is 4.98 Å². The van der Waals surface area contributed by atoms with Gasteiger partial charge in [0.05, 0.1) is 0 Å². The van der Waals surface area contributed by atoms with Gasteiger partial charge in [0.15, 0.2) is 21.5 Å². The highest BCUT2D eigenvalue weighted by Crippen LogP contribution is 2.21. The lowest BCUT2D eigenvalue weighted by Gasteiger charge is -2.08. The number of carbonyl (C=O) groups excluding carboxylic acids is 1. The van der Waals surface area contributed by atoms with Crippen LogP contribution in [-0.4, -0.2) is 35.4 Å². The molecule has 0 fully saturated rings. The normalized spacial score (nSPS) is 13.0. The van der Waals surface area contributed by atoms with E-state index in [-0.39, 0.29) is 11.7 Å². The van der Waals surface area contributed by atoms with E-state index in [9.17, 15) is 13.2 Å². The highest BCUT2D eigenvalue weighted by Gasteiger charge is 2.30. The van der Waals surface area contributed by atoms with Crippen LogP contribution in [0.5, 0.6) is 0 Å². The van der Waals surface area contributed by atoms with Crippen molar-refractivity contribution in [1.29, 1.82) is 0 Å². The Morgan fingerprint density at radius 1 is 1.35 bits per heavy atom. The minimum Gasteiger partial charge on any atom is -0.360 e. The molecule has 2 heterocycles. The van der Waals surface area contributed by atoms with E-state index in [0.717, 1.165) is 6.42 Å². The number of aryl methyl sites for hydroxylation is 2. The van der Waals surface area contributed by atoms with E-state index in [1.54, 1.807) is 6.92 Å². The molecule has 9 nitrogen and oxygen atoms in total. The fourth-order valence-corrected chi connectivity index (χ4v) is 2.91. The van der Waals surface area contributed by atoms with Crippen LogP contribution in [0.1, 0.15) is 43.0 Å². The van der Waals surface area contributed by atoms with Gasteiger partial charge in [-0.1, -0.05) is 17.2 Å². The number of sulfone groups is 1. The van der Waals surface area contributed by atoms with Crippen molar-refractivity contribution in [3.8, 4) is 0 Å². The van der Waals surface area contributed by atoms with E-state index in [1.165, 1.54) is 13.0 Å². The Kier molecular flexibility index (Phi) is 5.14. The number of carbonyl (C=O) groups is 1. The van der Waals surface area contributed by atoms with Crippen molar-refractivity contribution in [2.24, 2.45) is 0 Å². The molecule has 1 N–H and O–H groups in total. The van der Waals surface area contributed by atoms with Gasteiger partial charge < -0.3 is 14.4 Å². The molecule has 0 radical (unpaired) electrons. The van der Waals surface area contributed by atoms with Gasteiger partial charge in [0.25, 0.3) is 0 Å². The summed E-state index contributed by atoms with van der Waals surface area (Å²) in [6, 6.07) is 1.49. The molecular weight excluding hydrogens is 324 g/mol. The first kappa shape index (κ1) is 17.1. The molecule has 2 rings (SSSR count). The van der Waals surface area contributed by atoms with Crippen LogP contribution < -0.4 is 5.32 Å². The quantitative estimate of drug-likeness (QED) is 0.800. The molecule has 1 amide bonds. The zero-order chi connectivity index (χ0) is 17.0. The van der Waals surface area contributed by atoms with Gasteiger partial charge in [-0.3, -0.25) is 4.79 Å². The van der Waals surface area contributed by atoms with E-state index in [4.69, 9.17) is 9.05 Å². The number of rotatable bonds is 7. The molecule has 10 heteroatoms. The van der Waals surface area contributed by atoms with Gasteiger partial charge in [0.2, 0.25) is 11.8 Å². The van der Waals surface area contributed by atoms with Crippen molar-refractivity contribution in [1.82, 2.24) is 15.3 Å². The SMILES string of the molecule is CCCc1noc(C(C)S(=O)(=O)CC(=O)Nc2cc(C)on2)n1. The summed E-state index contributed by atoms with van der Waals surface area (Å²) in [6.45, 7) is 5.02.